The van der Waals surface area contributed by atoms with Gasteiger partial charge in [-0.15, -0.1) is 0 Å². The van der Waals surface area contributed by atoms with Crippen LogP contribution in [0.25, 0.3) is 0 Å². The first-order valence-corrected chi connectivity index (χ1v) is 9.29. The van der Waals surface area contributed by atoms with E-state index in [4.69, 9.17) is 28.9 Å². The first-order chi connectivity index (χ1) is 11.2. The van der Waals surface area contributed by atoms with Crippen LogP contribution in [0.4, 0.5) is 5.69 Å². The standard InChI is InChI=1S/C16H16Cl2N2O3S/c1-10(7-15(21)11-5-3-2-4-6-11)20-24(22,23)12-8-13(17)16(19)14(18)9-12/h2-6,8-10,20H,7,19H2,1H3. The molecule has 1 atom stereocenters. The third kappa shape index (κ3) is 4.48. The molecule has 0 saturated carbocycles. The van der Waals surface area contributed by atoms with Crippen molar-refractivity contribution >= 4 is 44.7 Å². The summed E-state index contributed by atoms with van der Waals surface area (Å²) in [7, 11) is -3.88. The van der Waals surface area contributed by atoms with Gasteiger partial charge in [-0.3, -0.25) is 4.79 Å². The number of benzene rings is 2. The largest absolute Gasteiger partial charge is 0.396 e. The van der Waals surface area contributed by atoms with Crippen LogP contribution < -0.4 is 10.5 Å². The van der Waals surface area contributed by atoms with Crippen molar-refractivity contribution in [2.75, 3.05) is 5.73 Å². The molecule has 0 aliphatic rings. The maximum Gasteiger partial charge on any atom is 0.240 e. The van der Waals surface area contributed by atoms with Crippen LogP contribution in [0.2, 0.25) is 10.0 Å². The Kier molecular flexibility index (Phi) is 5.87. The SMILES string of the molecule is CC(CC(=O)c1ccccc1)NS(=O)(=O)c1cc(Cl)c(N)c(Cl)c1. The highest BCUT2D eigenvalue weighted by Crippen LogP contribution is 2.30. The molecule has 0 bridgehead atoms. The van der Waals surface area contributed by atoms with Gasteiger partial charge in [-0.1, -0.05) is 53.5 Å². The lowest BCUT2D eigenvalue weighted by molar-refractivity contribution is 0.0975. The Morgan fingerprint density at radius 3 is 2.25 bits per heavy atom. The van der Waals surface area contributed by atoms with Gasteiger partial charge < -0.3 is 5.73 Å². The van der Waals surface area contributed by atoms with Crippen molar-refractivity contribution in [3.8, 4) is 0 Å². The molecule has 5 nitrogen and oxygen atoms in total. The number of halogens is 2. The Hall–Kier alpha value is -1.60. The maximum absolute atomic E-state index is 12.4. The summed E-state index contributed by atoms with van der Waals surface area (Å²) in [6.45, 7) is 1.61. The van der Waals surface area contributed by atoms with Crippen LogP contribution >= 0.6 is 23.2 Å². The average Bonchev–Trinajstić information content (AvgIpc) is 2.52. The van der Waals surface area contributed by atoms with Crippen LogP contribution in [0.1, 0.15) is 23.7 Å². The van der Waals surface area contributed by atoms with E-state index in [0.29, 0.717) is 5.56 Å². The molecule has 2 rings (SSSR count). The second-order valence-corrected chi connectivity index (χ2v) is 7.84. The van der Waals surface area contributed by atoms with Gasteiger partial charge >= 0.3 is 0 Å². The van der Waals surface area contributed by atoms with Crippen molar-refractivity contribution in [3.63, 3.8) is 0 Å². The molecule has 0 aliphatic heterocycles. The van der Waals surface area contributed by atoms with Crippen molar-refractivity contribution in [3.05, 3.63) is 58.1 Å². The van der Waals surface area contributed by atoms with E-state index in [1.807, 2.05) is 0 Å². The summed E-state index contributed by atoms with van der Waals surface area (Å²) in [5.74, 6) is -0.154. The van der Waals surface area contributed by atoms with Gasteiger partial charge in [0.05, 0.1) is 20.6 Å². The lowest BCUT2D eigenvalue weighted by atomic mass is 10.1. The lowest BCUT2D eigenvalue weighted by Crippen LogP contribution is -2.34. The molecule has 0 aromatic heterocycles. The number of carbonyl (C=O) groups is 1. The van der Waals surface area contributed by atoms with E-state index in [-0.39, 0.29) is 32.8 Å². The fourth-order valence-corrected chi connectivity index (χ4v) is 4.02. The molecule has 0 heterocycles. The summed E-state index contributed by atoms with van der Waals surface area (Å²) in [5, 5.41) is 0.104. The summed E-state index contributed by atoms with van der Waals surface area (Å²) in [5.41, 5.74) is 6.25. The van der Waals surface area contributed by atoms with E-state index >= 15 is 0 Å². The predicted molar refractivity (Wildman–Crippen MR) is 96.0 cm³/mol. The summed E-state index contributed by atoms with van der Waals surface area (Å²) < 4.78 is 27.2. The van der Waals surface area contributed by atoms with Crippen LogP contribution in [0.3, 0.4) is 0 Å². The van der Waals surface area contributed by atoms with Crippen LogP contribution in [-0.2, 0) is 10.0 Å². The van der Waals surface area contributed by atoms with Crippen molar-refractivity contribution in [2.24, 2.45) is 0 Å². The Morgan fingerprint density at radius 2 is 1.71 bits per heavy atom. The van der Waals surface area contributed by atoms with E-state index in [1.54, 1.807) is 37.3 Å². The Labute approximate surface area is 150 Å². The molecule has 1 unspecified atom stereocenters. The molecule has 0 aliphatic carbocycles. The Bertz CT molecular complexity index is 832. The second-order valence-electron chi connectivity index (χ2n) is 5.32. The minimum absolute atomic E-state index is 0.0275. The van der Waals surface area contributed by atoms with Crippen molar-refractivity contribution in [1.29, 1.82) is 0 Å². The van der Waals surface area contributed by atoms with Crippen molar-refractivity contribution < 1.29 is 13.2 Å². The second kappa shape index (κ2) is 7.53. The van der Waals surface area contributed by atoms with Crippen LogP contribution in [0.15, 0.2) is 47.4 Å². The van der Waals surface area contributed by atoms with Gasteiger partial charge in [0, 0.05) is 18.0 Å². The first-order valence-electron chi connectivity index (χ1n) is 7.06. The van der Waals surface area contributed by atoms with Gasteiger partial charge in [-0.2, -0.15) is 0 Å². The monoisotopic (exact) mass is 386 g/mol. The van der Waals surface area contributed by atoms with E-state index in [9.17, 15) is 13.2 Å². The normalized spacial score (nSPS) is 12.8. The number of Topliss-reactive ketones (excluding diaryl/α,β-unsaturated/α-hetero) is 1. The summed E-state index contributed by atoms with van der Waals surface area (Å²) >= 11 is 11.7. The van der Waals surface area contributed by atoms with Gasteiger partial charge in [0.2, 0.25) is 10.0 Å². The number of rotatable bonds is 6. The number of anilines is 1. The number of nitrogen functional groups attached to an aromatic ring is 1. The molecule has 2 aromatic rings. The molecule has 0 spiro atoms. The molecular weight excluding hydrogens is 371 g/mol. The summed E-state index contributed by atoms with van der Waals surface area (Å²) in [6.07, 6.45) is 0.0275. The molecule has 0 amide bonds. The number of nitrogens with one attached hydrogen (secondary N) is 1. The van der Waals surface area contributed by atoms with E-state index in [0.717, 1.165) is 0 Å². The minimum Gasteiger partial charge on any atom is -0.396 e. The summed E-state index contributed by atoms with van der Waals surface area (Å²) in [6, 6.07) is 10.5. The molecule has 3 N–H and O–H groups in total. The van der Waals surface area contributed by atoms with Crippen molar-refractivity contribution in [1.82, 2.24) is 4.72 Å². The molecular formula is C16H16Cl2N2O3S. The van der Waals surface area contributed by atoms with E-state index < -0.39 is 16.1 Å². The van der Waals surface area contributed by atoms with Gasteiger partial charge in [0.25, 0.3) is 0 Å². The van der Waals surface area contributed by atoms with Gasteiger partial charge in [0.1, 0.15) is 0 Å². The molecule has 8 heteroatoms. The lowest BCUT2D eigenvalue weighted by Gasteiger charge is -2.14. The van der Waals surface area contributed by atoms with Crippen molar-refractivity contribution in [2.45, 2.75) is 24.3 Å². The van der Waals surface area contributed by atoms with Crippen LogP contribution in [-0.4, -0.2) is 20.2 Å². The molecule has 128 valence electrons. The van der Waals surface area contributed by atoms with Crippen LogP contribution in [0, 0.1) is 0 Å². The Balaban J connectivity index is 2.13. The number of carbonyl (C=O) groups excluding carboxylic acids is 1. The Morgan fingerprint density at radius 1 is 1.17 bits per heavy atom. The minimum atomic E-state index is -3.88. The zero-order valence-electron chi connectivity index (χ0n) is 12.8. The highest BCUT2D eigenvalue weighted by molar-refractivity contribution is 7.89. The summed E-state index contributed by atoms with van der Waals surface area (Å²) in [4.78, 5) is 12.0. The zero-order valence-corrected chi connectivity index (χ0v) is 15.1. The maximum atomic E-state index is 12.4. The van der Waals surface area contributed by atoms with Gasteiger partial charge in [-0.25, -0.2) is 13.1 Å². The third-order valence-electron chi connectivity index (χ3n) is 3.31. The quantitative estimate of drug-likeness (QED) is 0.586. The third-order valence-corrected chi connectivity index (χ3v) is 5.50. The highest BCUT2D eigenvalue weighted by Gasteiger charge is 2.21. The van der Waals surface area contributed by atoms with Crippen LogP contribution in [0.5, 0.6) is 0 Å². The fraction of sp³-hybridized carbons (Fsp3) is 0.188. The zero-order chi connectivity index (χ0) is 17.9. The smallest absolute Gasteiger partial charge is 0.240 e. The average molecular weight is 387 g/mol. The molecule has 24 heavy (non-hydrogen) atoms. The molecule has 0 saturated heterocycles. The topological polar surface area (TPSA) is 89.3 Å². The first kappa shape index (κ1) is 18.7. The van der Waals surface area contributed by atoms with Gasteiger partial charge in [-0.05, 0) is 19.1 Å². The van der Waals surface area contributed by atoms with Gasteiger partial charge in [0.15, 0.2) is 5.78 Å². The number of hydrogen-bond acceptors (Lipinski definition) is 4. The fourth-order valence-electron chi connectivity index (χ4n) is 2.11. The number of nitrogens with two attached hydrogens (primary N) is 1. The molecule has 2 aromatic carbocycles. The van der Waals surface area contributed by atoms with E-state index in [1.165, 1.54) is 12.1 Å². The number of ketones is 1. The number of sulfonamides is 1. The predicted octanol–water partition coefficient (Wildman–Crippen LogP) is 3.52. The van der Waals surface area contributed by atoms with E-state index in [2.05, 4.69) is 4.72 Å². The highest BCUT2D eigenvalue weighted by atomic mass is 35.5. The molecule has 0 fully saturated rings. The number of hydrogen-bond donors (Lipinski definition) is 2. The molecule has 0 radical (unpaired) electrons.